The van der Waals surface area contributed by atoms with Crippen molar-refractivity contribution >= 4 is 78.6 Å². The second-order valence-electron chi connectivity index (χ2n) is 0.250. The molecule has 6 nitrogen and oxygen atoms in total. The number of carbonyl (C=O) groups excluding carboxylic acids is 1. The summed E-state index contributed by atoms with van der Waals surface area (Å²) in [5.74, 6) is 0. The van der Waals surface area contributed by atoms with E-state index >= 15 is 0 Å². The van der Waals surface area contributed by atoms with Crippen LogP contribution in [0.1, 0.15) is 0 Å². The van der Waals surface area contributed by atoms with Gasteiger partial charge in [-0.15, -0.1) is 0 Å². The van der Waals surface area contributed by atoms with E-state index in [4.69, 9.17) is 15.0 Å². The van der Waals surface area contributed by atoms with Crippen molar-refractivity contribution in [3.63, 3.8) is 0 Å². The van der Waals surface area contributed by atoms with Crippen LogP contribution in [0.15, 0.2) is 0 Å². The molecule has 0 saturated carbocycles. The van der Waals surface area contributed by atoms with E-state index in [1.165, 1.54) is 0 Å². The average molecular weight is 298 g/mol. The van der Waals surface area contributed by atoms with Gasteiger partial charge in [-0.3, -0.25) is 0 Å². The van der Waals surface area contributed by atoms with Crippen molar-refractivity contribution in [1.29, 1.82) is 0 Å². The van der Waals surface area contributed by atoms with Crippen molar-refractivity contribution in [2.75, 3.05) is 0 Å². The van der Waals surface area contributed by atoms with E-state index in [0.717, 1.165) is 0 Å². The maximum atomic E-state index is 8.33. The van der Waals surface area contributed by atoms with Gasteiger partial charge in [-0.05, 0) is 6.16 Å². The van der Waals surface area contributed by atoms with Crippen molar-refractivity contribution in [2.45, 2.75) is 0 Å². The van der Waals surface area contributed by atoms with Gasteiger partial charge in [0.1, 0.15) is 0 Å². The Kier molecular flexibility index (Phi) is 378. The molecule has 0 bridgehead atoms. The monoisotopic (exact) mass is 300 g/mol. The predicted octanol–water partition coefficient (Wildman–Crippen LogP) is -3.95. The van der Waals surface area contributed by atoms with Gasteiger partial charge in [-0.1, -0.05) is 0 Å². The molecule has 0 spiro atoms. The minimum atomic E-state index is -2.33. The Bertz CT molecular complexity index is 43.6. The Morgan fingerprint density at radius 1 is 0.909 bits per heavy atom. The average Bonchev–Trinajstić information content (AvgIpc) is 0.811. The first-order valence-electron chi connectivity index (χ1n) is 0.612. The zero-order valence-corrected chi connectivity index (χ0v) is 11.7. The predicted molar refractivity (Wildman–Crippen MR) is 24.7 cm³/mol. The first-order valence-corrected chi connectivity index (χ1v) is 0.612. The fraction of sp³-hybridized carbons (Fsp3) is 0. The normalized spacial score (nSPS) is 2.18. The third-order valence-corrected chi connectivity index (χ3v) is 0. The van der Waals surface area contributed by atoms with Crippen LogP contribution in [0, 0.1) is 0 Å². The molecule has 0 atom stereocenters. The van der Waals surface area contributed by atoms with Gasteiger partial charge in [0.25, 0.3) is 0 Å². The first-order chi connectivity index (χ1) is 1.73. The minimum absolute atomic E-state index is 0. The van der Waals surface area contributed by atoms with E-state index < -0.39 is 6.16 Å². The zero-order chi connectivity index (χ0) is 3.58. The van der Waals surface area contributed by atoms with Crippen LogP contribution < -0.4 is 10.2 Å². The van der Waals surface area contributed by atoms with Crippen LogP contribution in [0.3, 0.4) is 0 Å². The molecular weight excluding hydrogens is 298 g/mol. The topological polar surface area (TPSA) is 149 Å². The van der Waals surface area contributed by atoms with Crippen molar-refractivity contribution < 1.29 is 52.5 Å². The first kappa shape index (κ1) is 73.1. The molecule has 10 heteroatoms. The molecule has 0 fully saturated rings. The van der Waals surface area contributed by atoms with Crippen molar-refractivity contribution in [2.24, 2.45) is 0 Å². The van der Waals surface area contributed by atoms with Gasteiger partial charge in [0.2, 0.25) is 0 Å². The van der Waals surface area contributed by atoms with E-state index in [9.17, 15) is 0 Å². The summed E-state index contributed by atoms with van der Waals surface area (Å²) in [6, 6.07) is 0. The summed E-state index contributed by atoms with van der Waals surface area (Å²) in [6.45, 7) is 0. The van der Waals surface area contributed by atoms with Crippen LogP contribution in [0.5, 0.6) is 0 Å². The van der Waals surface area contributed by atoms with Crippen LogP contribution in [-0.2, 0) is 37.5 Å². The summed E-state index contributed by atoms with van der Waals surface area (Å²) in [6.07, 6.45) is -2.33. The number of carboxylic acid groups (broad SMARTS) is 2. The number of carbonyl (C=O) groups is 1. The standard InChI is InChI=1S/CH2O3.2Al.Ca.Mo.3O/c2-1(3)4;;;;;;;/h(H2,2,3,4);;;;;;;/q;2*+3;+2;;3*-2/p-2. The molecule has 0 unspecified atom stereocenters. The smallest absolute Gasteiger partial charge is 2.00 e. The van der Waals surface area contributed by atoms with Gasteiger partial charge in [0, 0.05) is 21.1 Å². The molecule has 0 aliphatic heterocycles. The second kappa shape index (κ2) is 56.9. The molecule has 0 amide bonds. The SMILES string of the molecule is O=C([O-])[O-].[Al+3].[Al+3].[Ca+2].[Mo].[O-2].[O-2].[O-2]. The molecule has 54 valence electrons. The number of hydrogen-bond acceptors (Lipinski definition) is 3. The van der Waals surface area contributed by atoms with Gasteiger partial charge in [0.15, 0.2) is 0 Å². The molecule has 0 aromatic heterocycles. The molecule has 0 N–H and O–H groups in total. The number of hydrogen-bond donors (Lipinski definition) is 0. The van der Waals surface area contributed by atoms with Gasteiger partial charge in [-0.25, -0.2) is 0 Å². The summed E-state index contributed by atoms with van der Waals surface area (Å²) < 4.78 is 0. The summed E-state index contributed by atoms with van der Waals surface area (Å²) in [7, 11) is 0. The Hall–Kier alpha value is 2.16. The molecule has 0 saturated heterocycles. The van der Waals surface area contributed by atoms with Gasteiger partial charge in [-0.2, -0.15) is 0 Å². The van der Waals surface area contributed by atoms with E-state index in [2.05, 4.69) is 0 Å². The van der Waals surface area contributed by atoms with Gasteiger partial charge in [0.05, 0.1) is 0 Å². The summed E-state index contributed by atoms with van der Waals surface area (Å²) in [5.41, 5.74) is 0. The molecule has 0 rings (SSSR count). The van der Waals surface area contributed by atoms with E-state index in [1.807, 2.05) is 0 Å². The largest absolute Gasteiger partial charge is 3.00 e. The molecule has 0 aromatic rings. The molecule has 0 aliphatic carbocycles. The quantitative estimate of drug-likeness (QED) is 0.420. The van der Waals surface area contributed by atoms with Gasteiger partial charge < -0.3 is 31.4 Å². The van der Waals surface area contributed by atoms with Crippen LogP contribution in [0.25, 0.3) is 0 Å². The molecule has 0 radical (unpaired) electrons. The Morgan fingerprint density at radius 2 is 0.909 bits per heavy atom. The van der Waals surface area contributed by atoms with E-state index in [0.29, 0.717) is 0 Å². The van der Waals surface area contributed by atoms with E-state index in [1.54, 1.807) is 0 Å². The van der Waals surface area contributed by atoms with Crippen LogP contribution in [0.2, 0.25) is 0 Å². The Morgan fingerprint density at radius 3 is 0.909 bits per heavy atom. The van der Waals surface area contributed by atoms with Crippen molar-refractivity contribution in [3.8, 4) is 0 Å². The summed E-state index contributed by atoms with van der Waals surface area (Å²) in [4.78, 5) is 8.33. The van der Waals surface area contributed by atoms with Crippen LogP contribution >= 0.6 is 0 Å². The molecule has 0 aromatic carbocycles. The summed E-state index contributed by atoms with van der Waals surface area (Å²) in [5, 5.41) is 16.7. The molecule has 0 heterocycles. The third kappa shape index (κ3) is 269. The molecule has 0 aliphatic rings. The van der Waals surface area contributed by atoms with Crippen molar-refractivity contribution in [3.05, 3.63) is 0 Å². The van der Waals surface area contributed by atoms with Crippen LogP contribution in [-0.4, -0.2) is 78.6 Å². The van der Waals surface area contributed by atoms with E-state index in [-0.39, 0.29) is 110 Å². The molecular formula is CAl2CaMoO6. The number of rotatable bonds is 0. The zero-order valence-electron chi connectivity index (χ0n) is 5.22. The molecule has 11 heavy (non-hydrogen) atoms. The maximum Gasteiger partial charge on any atom is 3.00 e. The van der Waals surface area contributed by atoms with Crippen LogP contribution in [0.4, 0.5) is 4.79 Å². The minimum Gasteiger partial charge on any atom is -2.00 e. The Labute approximate surface area is 129 Å². The maximum absolute atomic E-state index is 8.33. The second-order valence-corrected chi connectivity index (χ2v) is 0.250. The Balaban J connectivity index is -0.00000000214. The van der Waals surface area contributed by atoms with Crippen molar-refractivity contribution in [1.82, 2.24) is 0 Å². The third-order valence-electron chi connectivity index (χ3n) is 0. The summed E-state index contributed by atoms with van der Waals surface area (Å²) >= 11 is 0. The fourth-order valence-electron chi connectivity index (χ4n) is 0. The fourth-order valence-corrected chi connectivity index (χ4v) is 0. The van der Waals surface area contributed by atoms with Gasteiger partial charge >= 0.3 is 72.5 Å².